The third-order valence-corrected chi connectivity index (χ3v) is 5.73. The van der Waals surface area contributed by atoms with E-state index in [2.05, 4.69) is 36.4 Å². The van der Waals surface area contributed by atoms with Crippen LogP contribution in [0.3, 0.4) is 0 Å². The summed E-state index contributed by atoms with van der Waals surface area (Å²) in [6.45, 7) is 0. The number of ether oxygens (including phenoxy) is 1. The molecule has 0 spiro atoms. The second kappa shape index (κ2) is 3.70. The van der Waals surface area contributed by atoms with Crippen LogP contribution in [0.4, 0.5) is 0 Å². The third kappa shape index (κ3) is 1.32. The van der Waals surface area contributed by atoms with E-state index in [-0.39, 0.29) is 0 Å². The molecular weight excluding hydrogens is 260 g/mol. The molecule has 0 radical (unpaired) electrons. The summed E-state index contributed by atoms with van der Waals surface area (Å²) in [5.74, 6) is 0.930. The number of hydrogen-bond acceptors (Lipinski definition) is 3. The van der Waals surface area contributed by atoms with Crippen molar-refractivity contribution in [2.24, 2.45) is 0 Å². The van der Waals surface area contributed by atoms with E-state index in [1.54, 1.807) is 7.11 Å². The summed E-state index contributed by atoms with van der Waals surface area (Å²) in [7, 11) is 1.72. The molecule has 0 bridgehead atoms. The zero-order valence-corrected chi connectivity index (χ0v) is 11.4. The maximum atomic E-state index is 5.32. The van der Waals surface area contributed by atoms with Gasteiger partial charge in [0.2, 0.25) is 0 Å². The summed E-state index contributed by atoms with van der Waals surface area (Å²) < 4.78 is 10.8. The van der Waals surface area contributed by atoms with Gasteiger partial charge in [0.1, 0.15) is 5.75 Å². The van der Waals surface area contributed by atoms with Crippen molar-refractivity contribution in [2.75, 3.05) is 7.11 Å². The van der Waals surface area contributed by atoms with E-state index in [9.17, 15) is 0 Å². The Hall–Kier alpha value is -1.58. The summed E-state index contributed by atoms with van der Waals surface area (Å²) in [5, 5.41) is 2.69. The third-order valence-electron chi connectivity index (χ3n) is 3.19. The fraction of sp³-hybridized carbons (Fsp3) is 0.0667. The molecule has 0 saturated carbocycles. The van der Waals surface area contributed by atoms with Crippen LogP contribution in [0.25, 0.3) is 29.6 Å². The van der Waals surface area contributed by atoms with Crippen molar-refractivity contribution in [1.29, 1.82) is 0 Å². The van der Waals surface area contributed by atoms with E-state index < -0.39 is 0 Å². The van der Waals surface area contributed by atoms with E-state index in [0.717, 1.165) is 5.75 Å². The van der Waals surface area contributed by atoms with Crippen molar-refractivity contribution in [3.63, 3.8) is 0 Å². The Balaban J connectivity index is 2.21. The topological polar surface area (TPSA) is 9.23 Å². The van der Waals surface area contributed by atoms with Crippen LogP contribution in [-0.2, 0) is 0 Å². The monoisotopic (exact) mass is 270 g/mol. The average Bonchev–Trinajstić information content (AvgIpc) is 2.94. The van der Waals surface area contributed by atoms with Crippen molar-refractivity contribution in [3.8, 4) is 5.75 Å². The molecular formula is C15H10OS2. The van der Waals surface area contributed by atoms with Crippen LogP contribution < -0.4 is 4.74 Å². The Bertz CT molecular complexity index is 870. The molecule has 0 aliphatic rings. The first-order valence-corrected chi connectivity index (χ1v) is 7.38. The van der Waals surface area contributed by atoms with E-state index in [4.69, 9.17) is 4.74 Å². The zero-order valence-electron chi connectivity index (χ0n) is 9.77. The van der Waals surface area contributed by atoms with Gasteiger partial charge in [0.25, 0.3) is 0 Å². The molecule has 0 amide bonds. The minimum atomic E-state index is 0.930. The molecule has 0 saturated heterocycles. The highest BCUT2D eigenvalue weighted by Crippen LogP contribution is 2.44. The molecule has 2 aromatic heterocycles. The van der Waals surface area contributed by atoms with E-state index in [1.165, 1.54) is 29.6 Å². The summed E-state index contributed by atoms with van der Waals surface area (Å²) in [6.07, 6.45) is 0. The van der Waals surface area contributed by atoms with Gasteiger partial charge in [0.05, 0.1) is 16.5 Å². The SMILES string of the molecule is COc1ccc2sc3c4ccccc4sc3c2c1. The maximum Gasteiger partial charge on any atom is 0.119 e. The maximum absolute atomic E-state index is 5.32. The van der Waals surface area contributed by atoms with Crippen molar-refractivity contribution >= 4 is 52.2 Å². The molecule has 4 rings (SSSR count). The van der Waals surface area contributed by atoms with Crippen LogP contribution >= 0.6 is 22.7 Å². The minimum Gasteiger partial charge on any atom is -0.497 e. The second-order valence-electron chi connectivity index (χ2n) is 4.22. The van der Waals surface area contributed by atoms with Gasteiger partial charge in [-0.1, -0.05) is 18.2 Å². The molecule has 18 heavy (non-hydrogen) atoms. The number of fused-ring (bicyclic) bond motifs is 5. The highest BCUT2D eigenvalue weighted by molar-refractivity contribution is 7.36. The summed E-state index contributed by atoms with van der Waals surface area (Å²) in [4.78, 5) is 0. The van der Waals surface area contributed by atoms with Crippen molar-refractivity contribution in [1.82, 2.24) is 0 Å². The summed E-state index contributed by atoms with van der Waals surface area (Å²) in [5.41, 5.74) is 0. The van der Waals surface area contributed by atoms with Gasteiger partial charge in [-0.05, 0) is 24.3 Å². The highest BCUT2D eigenvalue weighted by atomic mass is 32.1. The molecule has 0 aliphatic carbocycles. The lowest BCUT2D eigenvalue weighted by Crippen LogP contribution is -1.79. The Kier molecular flexibility index (Phi) is 2.13. The molecule has 0 aliphatic heterocycles. The zero-order chi connectivity index (χ0) is 12.1. The van der Waals surface area contributed by atoms with Crippen LogP contribution in [0.15, 0.2) is 42.5 Å². The Labute approximate surface area is 112 Å². The van der Waals surface area contributed by atoms with Gasteiger partial charge in [-0.3, -0.25) is 0 Å². The van der Waals surface area contributed by atoms with Crippen LogP contribution in [0.1, 0.15) is 0 Å². The van der Waals surface area contributed by atoms with Gasteiger partial charge in [0, 0.05) is 20.2 Å². The molecule has 4 aromatic rings. The van der Waals surface area contributed by atoms with Gasteiger partial charge >= 0.3 is 0 Å². The smallest absolute Gasteiger partial charge is 0.119 e. The summed E-state index contributed by atoms with van der Waals surface area (Å²) in [6, 6.07) is 14.9. The van der Waals surface area contributed by atoms with Crippen LogP contribution in [0.2, 0.25) is 0 Å². The van der Waals surface area contributed by atoms with Gasteiger partial charge in [-0.25, -0.2) is 0 Å². The predicted molar refractivity (Wildman–Crippen MR) is 81.3 cm³/mol. The van der Waals surface area contributed by atoms with Gasteiger partial charge in [-0.15, -0.1) is 22.7 Å². The molecule has 0 fully saturated rings. The van der Waals surface area contributed by atoms with E-state index in [0.29, 0.717) is 0 Å². The Morgan fingerprint density at radius 2 is 1.56 bits per heavy atom. The Morgan fingerprint density at radius 1 is 0.833 bits per heavy atom. The largest absolute Gasteiger partial charge is 0.497 e. The van der Waals surface area contributed by atoms with Crippen molar-refractivity contribution in [2.45, 2.75) is 0 Å². The van der Waals surface area contributed by atoms with Crippen LogP contribution in [-0.4, -0.2) is 7.11 Å². The Morgan fingerprint density at radius 3 is 2.39 bits per heavy atom. The van der Waals surface area contributed by atoms with Crippen molar-refractivity contribution < 1.29 is 4.74 Å². The molecule has 3 heteroatoms. The standard InChI is InChI=1S/C15H10OS2/c1-16-9-6-7-13-11(8-9)15-14(18-13)10-4-2-3-5-12(10)17-15/h2-8H,1H3. The fourth-order valence-corrected chi connectivity index (χ4v) is 4.94. The first-order chi connectivity index (χ1) is 8.86. The molecule has 1 nitrogen and oxygen atoms in total. The number of rotatable bonds is 1. The molecule has 2 heterocycles. The molecule has 0 unspecified atom stereocenters. The normalized spacial score (nSPS) is 11.6. The number of methoxy groups -OCH3 is 1. The number of thiophene rings is 2. The van der Waals surface area contributed by atoms with E-state index >= 15 is 0 Å². The van der Waals surface area contributed by atoms with E-state index in [1.807, 2.05) is 28.7 Å². The highest BCUT2D eigenvalue weighted by Gasteiger charge is 2.11. The predicted octanol–water partition coefficient (Wildman–Crippen LogP) is 5.28. The second-order valence-corrected chi connectivity index (χ2v) is 6.33. The summed E-state index contributed by atoms with van der Waals surface area (Å²) >= 11 is 3.74. The van der Waals surface area contributed by atoms with Crippen molar-refractivity contribution in [3.05, 3.63) is 42.5 Å². The number of hydrogen-bond donors (Lipinski definition) is 0. The minimum absolute atomic E-state index is 0.930. The fourth-order valence-electron chi connectivity index (χ4n) is 2.31. The first-order valence-electron chi connectivity index (χ1n) is 5.74. The lowest BCUT2D eigenvalue weighted by Gasteiger charge is -1.98. The quantitative estimate of drug-likeness (QED) is 0.457. The molecule has 0 N–H and O–H groups in total. The molecule has 2 aromatic carbocycles. The van der Waals surface area contributed by atoms with Crippen LogP contribution in [0.5, 0.6) is 5.75 Å². The molecule has 0 atom stereocenters. The lowest BCUT2D eigenvalue weighted by molar-refractivity contribution is 0.415. The lowest BCUT2D eigenvalue weighted by atomic mass is 10.2. The van der Waals surface area contributed by atoms with Gasteiger partial charge < -0.3 is 4.74 Å². The average molecular weight is 270 g/mol. The first kappa shape index (κ1) is 10.4. The number of benzene rings is 2. The van der Waals surface area contributed by atoms with Gasteiger partial charge in [-0.2, -0.15) is 0 Å². The van der Waals surface area contributed by atoms with Gasteiger partial charge in [0.15, 0.2) is 0 Å². The molecule has 88 valence electrons. The van der Waals surface area contributed by atoms with Crippen LogP contribution in [0, 0.1) is 0 Å².